The van der Waals surface area contributed by atoms with Gasteiger partial charge in [-0.25, -0.2) is 0 Å². The number of aliphatic hydroxyl groups excluding tert-OH is 2. The molecule has 0 spiro atoms. The van der Waals surface area contributed by atoms with E-state index in [2.05, 4.69) is 26.5 Å². The molecule has 0 amide bonds. The Labute approximate surface area is 146 Å². The van der Waals surface area contributed by atoms with E-state index >= 15 is 0 Å². The Balaban J connectivity index is 2.28. The summed E-state index contributed by atoms with van der Waals surface area (Å²) < 4.78 is 6.11. The molecular weight excluding hydrogens is 304 g/mol. The Morgan fingerprint density at radius 3 is 2.54 bits per heavy atom. The van der Waals surface area contributed by atoms with Gasteiger partial charge in [0, 0.05) is 6.42 Å². The molecule has 4 heteroatoms. The number of allylic oxidation sites excluding steroid dienone is 1. The third kappa shape index (κ3) is 4.48. The van der Waals surface area contributed by atoms with Crippen LogP contribution in [0.25, 0.3) is 0 Å². The molecule has 1 saturated heterocycles. The minimum Gasteiger partial charge on any atom is -0.390 e. The zero-order valence-electron chi connectivity index (χ0n) is 15.5. The highest BCUT2D eigenvalue weighted by molar-refractivity contribution is 5.11. The van der Waals surface area contributed by atoms with Crippen molar-refractivity contribution in [3.05, 3.63) is 24.3 Å². The number of hydrogen-bond donors (Lipinski definition) is 3. The second kappa shape index (κ2) is 7.28. The van der Waals surface area contributed by atoms with Gasteiger partial charge in [-0.3, -0.25) is 0 Å². The lowest BCUT2D eigenvalue weighted by Gasteiger charge is -2.35. The van der Waals surface area contributed by atoms with E-state index in [4.69, 9.17) is 4.74 Å². The predicted molar refractivity (Wildman–Crippen MR) is 95.6 cm³/mol. The average Bonchev–Trinajstić information content (AvgIpc) is 2.88. The number of ether oxygens (including phenoxy) is 1. The molecule has 2 aliphatic heterocycles. The highest BCUT2D eigenvalue weighted by atomic mass is 16.5. The molecule has 2 rings (SSSR count). The van der Waals surface area contributed by atoms with E-state index in [-0.39, 0.29) is 12.5 Å². The highest BCUT2D eigenvalue weighted by Gasteiger charge is 2.46. The van der Waals surface area contributed by atoms with Gasteiger partial charge in [0.1, 0.15) is 6.10 Å². The van der Waals surface area contributed by atoms with Crippen molar-refractivity contribution in [2.24, 2.45) is 11.8 Å². The fraction of sp³-hybridized carbons (Fsp3) is 0.800. The van der Waals surface area contributed by atoms with Gasteiger partial charge in [0.05, 0.1) is 23.4 Å². The van der Waals surface area contributed by atoms with Crippen LogP contribution in [0.4, 0.5) is 0 Å². The summed E-state index contributed by atoms with van der Waals surface area (Å²) in [6.45, 7) is 12.1. The van der Waals surface area contributed by atoms with Gasteiger partial charge >= 0.3 is 0 Å². The van der Waals surface area contributed by atoms with Crippen LogP contribution in [0, 0.1) is 11.8 Å². The van der Waals surface area contributed by atoms with Gasteiger partial charge in [0.2, 0.25) is 0 Å². The first kappa shape index (κ1) is 19.6. The molecule has 0 aliphatic carbocycles. The fourth-order valence-electron chi connectivity index (χ4n) is 3.87. The van der Waals surface area contributed by atoms with Crippen LogP contribution >= 0.6 is 0 Å². The van der Waals surface area contributed by atoms with Crippen LogP contribution in [-0.4, -0.2) is 44.8 Å². The lowest BCUT2D eigenvalue weighted by atomic mass is 9.83. The summed E-state index contributed by atoms with van der Waals surface area (Å²) in [5.74, 6) is 0.795. The van der Waals surface area contributed by atoms with Gasteiger partial charge in [0.15, 0.2) is 0 Å². The van der Waals surface area contributed by atoms with Crippen LogP contribution in [0.15, 0.2) is 24.3 Å². The second-order valence-corrected chi connectivity index (χ2v) is 8.50. The van der Waals surface area contributed by atoms with Crippen molar-refractivity contribution in [3.63, 3.8) is 0 Å². The van der Waals surface area contributed by atoms with E-state index in [9.17, 15) is 15.3 Å². The number of fused-ring (bicyclic) bond motifs is 2. The van der Waals surface area contributed by atoms with Crippen molar-refractivity contribution in [1.29, 1.82) is 0 Å². The molecule has 2 bridgehead atoms. The minimum absolute atomic E-state index is 0.0603. The van der Waals surface area contributed by atoms with Gasteiger partial charge in [-0.15, -0.1) is 0 Å². The van der Waals surface area contributed by atoms with E-state index in [0.29, 0.717) is 18.3 Å². The standard InChI is InChI=1S/C20H34O4/c1-13(2)15-7-6-14(3)17-9-11-20(5,24-17)18(22)16(21)12-19(4,23)10-8-15/h8,10,13,15-18,21-23H,3,6-7,9,11-12H2,1-2,4-5H3. The Bertz CT molecular complexity index is 482. The summed E-state index contributed by atoms with van der Waals surface area (Å²) in [6.07, 6.45) is 5.11. The zero-order chi connectivity index (χ0) is 18.1. The third-order valence-corrected chi connectivity index (χ3v) is 5.74. The van der Waals surface area contributed by atoms with E-state index in [1.54, 1.807) is 13.0 Å². The van der Waals surface area contributed by atoms with Gasteiger partial charge in [-0.1, -0.05) is 32.6 Å². The molecule has 0 radical (unpaired) electrons. The average molecular weight is 338 g/mol. The number of rotatable bonds is 1. The summed E-state index contributed by atoms with van der Waals surface area (Å²) >= 11 is 0. The molecule has 1 fully saturated rings. The van der Waals surface area contributed by atoms with E-state index in [0.717, 1.165) is 24.8 Å². The van der Waals surface area contributed by atoms with Gasteiger partial charge in [-0.05, 0) is 56.9 Å². The van der Waals surface area contributed by atoms with Crippen LogP contribution < -0.4 is 0 Å². The first-order valence-electron chi connectivity index (χ1n) is 9.17. The Morgan fingerprint density at radius 1 is 1.25 bits per heavy atom. The zero-order valence-corrected chi connectivity index (χ0v) is 15.5. The Morgan fingerprint density at radius 2 is 1.92 bits per heavy atom. The van der Waals surface area contributed by atoms with Crippen LogP contribution in [0.3, 0.4) is 0 Å². The Hall–Kier alpha value is -0.680. The first-order chi connectivity index (χ1) is 11.0. The molecule has 6 atom stereocenters. The van der Waals surface area contributed by atoms with Crippen LogP contribution in [0.1, 0.15) is 59.8 Å². The molecule has 2 aliphatic rings. The van der Waals surface area contributed by atoms with Crippen LogP contribution in [-0.2, 0) is 4.74 Å². The minimum atomic E-state index is -1.16. The van der Waals surface area contributed by atoms with Crippen LogP contribution in [0.5, 0.6) is 0 Å². The van der Waals surface area contributed by atoms with Crippen molar-refractivity contribution < 1.29 is 20.1 Å². The van der Waals surface area contributed by atoms with Gasteiger partial charge in [-0.2, -0.15) is 0 Å². The molecule has 3 N–H and O–H groups in total. The summed E-state index contributed by atoms with van der Waals surface area (Å²) in [4.78, 5) is 0. The van der Waals surface area contributed by atoms with E-state index in [1.165, 1.54) is 0 Å². The van der Waals surface area contributed by atoms with Gasteiger partial charge < -0.3 is 20.1 Å². The van der Waals surface area contributed by atoms with Crippen molar-refractivity contribution >= 4 is 0 Å². The van der Waals surface area contributed by atoms with Crippen molar-refractivity contribution in [2.45, 2.75) is 89.3 Å². The molecule has 6 unspecified atom stereocenters. The quantitative estimate of drug-likeness (QED) is 0.643. The monoisotopic (exact) mass is 338 g/mol. The fourth-order valence-corrected chi connectivity index (χ4v) is 3.87. The summed E-state index contributed by atoms with van der Waals surface area (Å²) in [5.41, 5.74) is -0.892. The third-order valence-electron chi connectivity index (χ3n) is 5.74. The number of aliphatic hydroxyl groups is 3. The molecular formula is C20H34O4. The van der Waals surface area contributed by atoms with E-state index in [1.807, 2.05) is 6.92 Å². The molecule has 0 saturated carbocycles. The molecule has 2 heterocycles. The predicted octanol–water partition coefficient (Wildman–Crippen LogP) is 2.97. The first-order valence-corrected chi connectivity index (χ1v) is 9.17. The summed E-state index contributed by atoms with van der Waals surface area (Å²) in [7, 11) is 0. The van der Waals surface area contributed by atoms with Crippen molar-refractivity contribution in [2.75, 3.05) is 0 Å². The highest BCUT2D eigenvalue weighted by Crippen LogP contribution is 2.39. The smallest absolute Gasteiger partial charge is 0.109 e. The maximum atomic E-state index is 10.6. The Kier molecular flexibility index (Phi) is 5.96. The SMILES string of the molecule is C=C1CCC(C(C)C)C=CC(C)(O)CC(O)C(O)C2(C)CCC1O2. The van der Waals surface area contributed by atoms with Gasteiger partial charge in [0.25, 0.3) is 0 Å². The lowest BCUT2D eigenvalue weighted by Crippen LogP contribution is -2.49. The molecule has 24 heavy (non-hydrogen) atoms. The largest absolute Gasteiger partial charge is 0.390 e. The van der Waals surface area contributed by atoms with Crippen molar-refractivity contribution in [1.82, 2.24) is 0 Å². The maximum Gasteiger partial charge on any atom is 0.109 e. The van der Waals surface area contributed by atoms with E-state index < -0.39 is 23.4 Å². The van der Waals surface area contributed by atoms with Crippen LogP contribution in [0.2, 0.25) is 0 Å². The normalized spacial score (nSPS) is 44.9. The molecule has 0 aromatic carbocycles. The molecule has 138 valence electrons. The summed E-state index contributed by atoms with van der Waals surface area (Å²) in [5, 5.41) is 31.6. The summed E-state index contributed by atoms with van der Waals surface area (Å²) in [6, 6.07) is 0. The lowest BCUT2D eigenvalue weighted by molar-refractivity contribution is -0.146. The number of hydrogen-bond acceptors (Lipinski definition) is 4. The topological polar surface area (TPSA) is 69.9 Å². The molecule has 0 aromatic heterocycles. The van der Waals surface area contributed by atoms with Crippen molar-refractivity contribution in [3.8, 4) is 0 Å². The molecule has 0 aromatic rings. The second-order valence-electron chi connectivity index (χ2n) is 8.50. The maximum absolute atomic E-state index is 10.6. The molecule has 4 nitrogen and oxygen atoms in total.